The summed E-state index contributed by atoms with van der Waals surface area (Å²) in [5.41, 5.74) is -3.02. The van der Waals surface area contributed by atoms with E-state index in [2.05, 4.69) is 11.6 Å². The van der Waals surface area contributed by atoms with Gasteiger partial charge in [-0.1, -0.05) is 36.4 Å². The average Bonchev–Trinajstić information content (AvgIpc) is 2.75. The molecule has 2 rings (SSSR count). The molecule has 2 N–H and O–H groups in total. The third-order valence-electron chi connectivity index (χ3n) is 4.66. The molecule has 1 aromatic heterocycles. The van der Waals surface area contributed by atoms with Crippen LogP contribution < -0.4 is 10.1 Å². The maximum Gasteiger partial charge on any atom is 0.421 e. The van der Waals surface area contributed by atoms with Crippen LogP contribution in [0.4, 0.5) is 23.7 Å². The minimum absolute atomic E-state index is 0.172. The summed E-state index contributed by atoms with van der Waals surface area (Å²) in [7, 11) is 0. The number of nitrogens with zero attached hydrogens (tertiary/aromatic N) is 1. The van der Waals surface area contributed by atoms with Gasteiger partial charge in [-0.05, 0) is 45.7 Å². The molecule has 1 heterocycles. The highest BCUT2D eigenvalue weighted by Crippen LogP contribution is 2.38. The molecule has 0 bridgehead atoms. The lowest BCUT2D eigenvalue weighted by Gasteiger charge is -2.26. The van der Waals surface area contributed by atoms with Crippen molar-refractivity contribution in [3.8, 4) is 5.88 Å². The highest BCUT2D eigenvalue weighted by molar-refractivity contribution is 5.97. The monoisotopic (exact) mass is 510 g/mol. The molecule has 0 aliphatic rings. The van der Waals surface area contributed by atoms with Gasteiger partial charge in [0.1, 0.15) is 17.3 Å². The van der Waals surface area contributed by atoms with E-state index in [9.17, 15) is 27.9 Å². The number of carboxylic acid groups (broad SMARTS) is 1. The maximum atomic E-state index is 13.9. The standard InChI is InChI=1S/C25H29F3N2O6/c1-6-10-19(34-14-16-11-8-7-9-12-16)15(2)35-21-17(25(26,27)28)13-18(20(30-21)22(31)32)29-23(33)36-24(3,4)5/h6-9,11-13,15,19H,1,10,14H2,2-5H3,(H,29,33)(H,31,32)/t15-,19?/m1/s1. The Hall–Kier alpha value is -3.60. The van der Waals surface area contributed by atoms with Crippen molar-refractivity contribution in [1.29, 1.82) is 0 Å². The molecule has 1 aromatic carbocycles. The normalized spacial score (nSPS) is 13.4. The van der Waals surface area contributed by atoms with E-state index in [0.29, 0.717) is 6.07 Å². The molecule has 0 aliphatic heterocycles. The Kier molecular flexibility index (Phi) is 9.46. The quantitative estimate of drug-likeness (QED) is 0.373. The van der Waals surface area contributed by atoms with Crippen LogP contribution in [0.1, 0.15) is 55.7 Å². The van der Waals surface area contributed by atoms with E-state index >= 15 is 0 Å². The van der Waals surface area contributed by atoms with E-state index in [-0.39, 0.29) is 13.0 Å². The van der Waals surface area contributed by atoms with Gasteiger partial charge in [-0.3, -0.25) is 5.32 Å². The summed E-state index contributed by atoms with van der Waals surface area (Å²) in [6.07, 6.45) is -6.00. The molecule has 196 valence electrons. The van der Waals surface area contributed by atoms with Gasteiger partial charge in [-0.25, -0.2) is 14.6 Å². The molecule has 2 atom stereocenters. The number of hydrogen-bond acceptors (Lipinski definition) is 6. The van der Waals surface area contributed by atoms with Gasteiger partial charge in [0.15, 0.2) is 5.69 Å². The highest BCUT2D eigenvalue weighted by Gasteiger charge is 2.38. The first-order chi connectivity index (χ1) is 16.7. The largest absolute Gasteiger partial charge is 0.476 e. The molecule has 0 aliphatic carbocycles. The number of benzene rings is 1. The first-order valence-electron chi connectivity index (χ1n) is 11.0. The van der Waals surface area contributed by atoms with Gasteiger partial charge in [0, 0.05) is 0 Å². The zero-order valence-corrected chi connectivity index (χ0v) is 20.4. The SMILES string of the molecule is C=CCC(OCc1ccccc1)[C@@H](C)Oc1nc(C(=O)O)c(NC(=O)OC(C)(C)C)cc1C(F)(F)F. The number of pyridine rings is 1. The predicted octanol–water partition coefficient (Wildman–Crippen LogP) is 6.07. The number of ether oxygens (including phenoxy) is 3. The Morgan fingerprint density at radius 2 is 1.83 bits per heavy atom. The molecule has 1 unspecified atom stereocenters. The van der Waals surface area contributed by atoms with Gasteiger partial charge in [-0.2, -0.15) is 13.2 Å². The van der Waals surface area contributed by atoms with Crippen molar-refractivity contribution in [2.24, 2.45) is 0 Å². The second-order valence-corrected chi connectivity index (χ2v) is 8.85. The number of carbonyl (C=O) groups excluding carboxylic acids is 1. The zero-order valence-electron chi connectivity index (χ0n) is 20.4. The summed E-state index contributed by atoms with van der Waals surface area (Å²) in [6, 6.07) is 9.59. The van der Waals surface area contributed by atoms with Crippen LogP contribution in [0, 0.1) is 0 Å². The number of amides is 1. The summed E-state index contributed by atoms with van der Waals surface area (Å²) in [6.45, 7) is 9.93. The van der Waals surface area contributed by atoms with Crippen molar-refractivity contribution >= 4 is 17.7 Å². The van der Waals surface area contributed by atoms with Crippen molar-refractivity contribution in [2.45, 2.75) is 64.7 Å². The van der Waals surface area contributed by atoms with Crippen LogP contribution in [0.5, 0.6) is 5.88 Å². The molecule has 0 saturated heterocycles. The number of carbonyl (C=O) groups is 2. The number of anilines is 1. The van der Waals surface area contributed by atoms with Gasteiger partial charge in [0.25, 0.3) is 0 Å². The molecule has 11 heteroatoms. The van der Waals surface area contributed by atoms with Gasteiger partial charge in [0.05, 0.1) is 18.4 Å². The minimum Gasteiger partial charge on any atom is -0.476 e. The Bertz CT molecular complexity index is 1070. The predicted molar refractivity (Wildman–Crippen MR) is 126 cm³/mol. The molecule has 0 spiro atoms. The smallest absolute Gasteiger partial charge is 0.421 e. The maximum absolute atomic E-state index is 13.9. The number of carboxylic acids is 1. The molecule has 0 radical (unpaired) electrons. The molecular formula is C25H29F3N2O6. The van der Waals surface area contributed by atoms with E-state index < -0.39 is 58.9 Å². The summed E-state index contributed by atoms with van der Waals surface area (Å²) in [5, 5.41) is 11.6. The molecular weight excluding hydrogens is 481 g/mol. The van der Waals surface area contributed by atoms with Gasteiger partial charge in [-0.15, -0.1) is 6.58 Å². The molecule has 0 saturated carbocycles. The Balaban J connectivity index is 2.37. The molecule has 2 aromatic rings. The zero-order chi connectivity index (χ0) is 27.1. The third-order valence-corrected chi connectivity index (χ3v) is 4.66. The lowest BCUT2D eigenvalue weighted by atomic mass is 10.1. The van der Waals surface area contributed by atoms with Crippen molar-refractivity contribution in [2.75, 3.05) is 5.32 Å². The Morgan fingerprint density at radius 3 is 2.36 bits per heavy atom. The third kappa shape index (κ3) is 8.56. The average molecular weight is 511 g/mol. The van der Waals surface area contributed by atoms with Crippen molar-refractivity contribution in [3.63, 3.8) is 0 Å². The number of aromatic nitrogens is 1. The first-order valence-corrected chi connectivity index (χ1v) is 11.0. The van der Waals surface area contributed by atoms with E-state index in [1.807, 2.05) is 35.6 Å². The summed E-state index contributed by atoms with van der Waals surface area (Å²) in [5.74, 6) is -2.63. The number of rotatable bonds is 10. The van der Waals surface area contributed by atoms with E-state index in [1.165, 1.54) is 13.0 Å². The Labute approximate surface area is 207 Å². The second kappa shape index (κ2) is 11.9. The van der Waals surface area contributed by atoms with Crippen LogP contribution in [-0.2, 0) is 22.3 Å². The van der Waals surface area contributed by atoms with Crippen LogP contribution in [0.3, 0.4) is 0 Å². The fraction of sp³-hybridized carbons (Fsp3) is 0.400. The van der Waals surface area contributed by atoms with Gasteiger partial charge < -0.3 is 19.3 Å². The van der Waals surface area contributed by atoms with E-state index in [0.717, 1.165) is 5.56 Å². The van der Waals surface area contributed by atoms with Crippen LogP contribution in [0.2, 0.25) is 0 Å². The fourth-order valence-corrected chi connectivity index (χ4v) is 3.05. The minimum atomic E-state index is -4.97. The van der Waals surface area contributed by atoms with Crippen LogP contribution in [-0.4, -0.2) is 40.0 Å². The number of nitrogens with one attached hydrogen (secondary N) is 1. The fourth-order valence-electron chi connectivity index (χ4n) is 3.05. The topological polar surface area (TPSA) is 107 Å². The Morgan fingerprint density at radius 1 is 1.19 bits per heavy atom. The lowest BCUT2D eigenvalue weighted by Crippen LogP contribution is -2.32. The van der Waals surface area contributed by atoms with E-state index in [4.69, 9.17) is 14.2 Å². The van der Waals surface area contributed by atoms with Gasteiger partial charge in [0.2, 0.25) is 5.88 Å². The lowest BCUT2D eigenvalue weighted by molar-refractivity contribution is -0.140. The number of aromatic carboxylic acids is 1. The summed E-state index contributed by atoms with van der Waals surface area (Å²) in [4.78, 5) is 27.4. The van der Waals surface area contributed by atoms with E-state index in [1.54, 1.807) is 20.8 Å². The first kappa shape index (κ1) is 28.6. The number of halogens is 3. The second-order valence-electron chi connectivity index (χ2n) is 8.85. The van der Waals surface area contributed by atoms with Crippen molar-refractivity contribution < 1.29 is 42.1 Å². The summed E-state index contributed by atoms with van der Waals surface area (Å²) < 4.78 is 58.0. The highest BCUT2D eigenvalue weighted by atomic mass is 19.4. The summed E-state index contributed by atoms with van der Waals surface area (Å²) >= 11 is 0. The van der Waals surface area contributed by atoms with Gasteiger partial charge >= 0.3 is 18.2 Å². The molecule has 1 amide bonds. The van der Waals surface area contributed by atoms with Crippen LogP contribution >= 0.6 is 0 Å². The number of alkyl halides is 3. The molecule has 8 nitrogen and oxygen atoms in total. The van der Waals surface area contributed by atoms with Crippen molar-refractivity contribution in [1.82, 2.24) is 4.98 Å². The molecule has 36 heavy (non-hydrogen) atoms. The van der Waals surface area contributed by atoms with Crippen molar-refractivity contribution in [3.05, 3.63) is 65.9 Å². The van der Waals surface area contributed by atoms with Crippen LogP contribution in [0.15, 0.2) is 49.1 Å². The molecule has 0 fully saturated rings. The van der Waals surface area contributed by atoms with Crippen LogP contribution in [0.25, 0.3) is 0 Å². The number of hydrogen-bond donors (Lipinski definition) is 2.